The minimum absolute atomic E-state index is 0.0339. The van der Waals surface area contributed by atoms with Crippen LogP contribution in [0.25, 0.3) is 10.9 Å². The van der Waals surface area contributed by atoms with Crippen LogP contribution in [0.15, 0.2) is 59.3 Å². The van der Waals surface area contributed by atoms with Crippen molar-refractivity contribution < 1.29 is 14.1 Å². The number of nitrogens with one attached hydrogen (secondary N) is 1. The van der Waals surface area contributed by atoms with Gasteiger partial charge < -0.3 is 19.1 Å². The maximum Gasteiger partial charge on any atom is 0.258 e. The van der Waals surface area contributed by atoms with E-state index in [0.29, 0.717) is 28.9 Å². The summed E-state index contributed by atoms with van der Waals surface area (Å²) in [4.78, 5) is 22.8. The van der Waals surface area contributed by atoms with E-state index in [1.165, 1.54) is 0 Å². The molecule has 0 saturated heterocycles. The van der Waals surface area contributed by atoms with Gasteiger partial charge in [0.1, 0.15) is 5.75 Å². The summed E-state index contributed by atoms with van der Waals surface area (Å²) in [6, 6.07) is 15.3. The number of nitrogens with zero attached hydrogens (tertiary/aromatic N) is 3. The molecule has 0 spiro atoms. The van der Waals surface area contributed by atoms with Gasteiger partial charge in [0, 0.05) is 41.3 Å². The van der Waals surface area contributed by atoms with Crippen molar-refractivity contribution in [3.8, 4) is 5.75 Å². The molecular formula is C25H28N4O3. The first-order valence-electron chi connectivity index (χ1n) is 10.8. The lowest BCUT2D eigenvalue weighted by atomic mass is 10.0. The van der Waals surface area contributed by atoms with E-state index >= 15 is 0 Å². The molecule has 4 rings (SSSR count). The second kappa shape index (κ2) is 9.26. The molecule has 0 radical (unpaired) electrons. The lowest BCUT2D eigenvalue weighted by Gasteiger charge is -2.31. The van der Waals surface area contributed by atoms with Crippen LogP contribution in [0.1, 0.15) is 49.3 Å². The van der Waals surface area contributed by atoms with E-state index in [4.69, 9.17) is 9.26 Å². The van der Waals surface area contributed by atoms with Crippen LogP contribution in [-0.4, -0.2) is 27.1 Å². The fraction of sp³-hybridized carbons (Fsp3) is 0.320. The van der Waals surface area contributed by atoms with Gasteiger partial charge in [-0.15, -0.1) is 0 Å². The molecule has 7 heteroatoms. The summed E-state index contributed by atoms with van der Waals surface area (Å²) in [5.74, 6) is 2.06. The minimum Gasteiger partial charge on any atom is -0.485 e. The summed E-state index contributed by atoms with van der Waals surface area (Å²) < 4.78 is 10.7. The Balaban J connectivity index is 1.55. The first kappa shape index (κ1) is 21.6. The molecule has 166 valence electrons. The zero-order chi connectivity index (χ0) is 22.7. The van der Waals surface area contributed by atoms with Gasteiger partial charge in [-0.25, -0.2) is 0 Å². The Hall–Kier alpha value is -3.61. The molecule has 0 bridgehead atoms. The van der Waals surface area contributed by atoms with Crippen molar-refractivity contribution in [2.24, 2.45) is 5.92 Å². The quantitative estimate of drug-likeness (QED) is 0.396. The number of carbonyl (C=O) groups excluding carboxylic acids is 1. The van der Waals surface area contributed by atoms with Gasteiger partial charge in [-0.1, -0.05) is 19.0 Å². The van der Waals surface area contributed by atoms with Crippen molar-refractivity contribution in [3.63, 3.8) is 0 Å². The molecule has 0 fully saturated rings. The zero-order valence-corrected chi connectivity index (χ0v) is 18.8. The molecule has 0 aliphatic carbocycles. The summed E-state index contributed by atoms with van der Waals surface area (Å²) in [7, 11) is 0. The largest absolute Gasteiger partial charge is 0.485 e. The van der Waals surface area contributed by atoms with Gasteiger partial charge in [-0.05, 0) is 67.8 Å². The minimum atomic E-state index is -0.0339. The zero-order valence-electron chi connectivity index (χ0n) is 18.8. The molecule has 1 atom stereocenters. The van der Waals surface area contributed by atoms with Gasteiger partial charge in [-0.2, -0.15) is 4.98 Å². The molecule has 2 heterocycles. The molecule has 2 aromatic carbocycles. The van der Waals surface area contributed by atoms with Gasteiger partial charge >= 0.3 is 0 Å². The van der Waals surface area contributed by atoms with E-state index in [-0.39, 0.29) is 18.6 Å². The van der Waals surface area contributed by atoms with Gasteiger partial charge in [0.25, 0.3) is 5.91 Å². The number of aromatic amines is 1. The smallest absolute Gasteiger partial charge is 0.258 e. The number of amides is 1. The number of rotatable bonds is 8. The normalized spacial score (nSPS) is 12.3. The topological polar surface area (TPSA) is 84.2 Å². The third kappa shape index (κ3) is 4.82. The van der Waals surface area contributed by atoms with Crippen LogP contribution in [0, 0.1) is 12.8 Å². The number of H-pyrrole nitrogens is 1. The Morgan fingerprint density at radius 3 is 2.59 bits per heavy atom. The number of carbonyl (C=O) groups is 1. The van der Waals surface area contributed by atoms with Crippen LogP contribution in [0.5, 0.6) is 5.75 Å². The van der Waals surface area contributed by atoms with Crippen molar-refractivity contribution >= 4 is 22.5 Å². The molecular weight excluding hydrogens is 404 g/mol. The number of aromatic nitrogens is 3. The van der Waals surface area contributed by atoms with Crippen molar-refractivity contribution in [1.82, 2.24) is 15.1 Å². The van der Waals surface area contributed by atoms with E-state index in [1.54, 1.807) is 31.2 Å². The lowest BCUT2D eigenvalue weighted by molar-refractivity contribution is 0.0976. The molecule has 7 nitrogen and oxygen atoms in total. The third-order valence-electron chi connectivity index (χ3n) is 5.33. The van der Waals surface area contributed by atoms with Crippen LogP contribution in [0.2, 0.25) is 0 Å². The Labute approximate surface area is 187 Å². The highest BCUT2D eigenvalue weighted by Crippen LogP contribution is 2.27. The number of benzene rings is 2. The van der Waals surface area contributed by atoms with Gasteiger partial charge in [-0.3, -0.25) is 4.79 Å². The fourth-order valence-electron chi connectivity index (χ4n) is 3.93. The molecule has 4 aromatic rings. The summed E-state index contributed by atoms with van der Waals surface area (Å²) in [5, 5.41) is 4.90. The van der Waals surface area contributed by atoms with E-state index in [1.807, 2.05) is 29.3 Å². The highest BCUT2D eigenvalue weighted by molar-refractivity contribution is 6.07. The van der Waals surface area contributed by atoms with Crippen LogP contribution in [-0.2, 0) is 6.61 Å². The number of hydrogen-bond donors (Lipinski definition) is 1. The second-order valence-corrected chi connectivity index (χ2v) is 8.45. The summed E-state index contributed by atoms with van der Waals surface area (Å²) in [6.07, 6.45) is 2.81. The molecule has 0 aliphatic rings. The standard InChI is InChI=1S/C25H28N4O3/c1-16(2)13-17(3)29(21-7-10-23-20(14-21)11-12-26-23)25(30)19-5-8-22(9-6-19)31-15-24-27-18(4)32-28-24/h5-12,14,16-17,26H,13,15H2,1-4H3. The predicted octanol–water partition coefficient (Wildman–Crippen LogP) is 5.52. The molecule has 32 heavy (non-hydrogen) atoms. The number of fused-ring (bicyclic) bond motifs is 1. The van der Waals surface area contributed by atoms with Gasteiger partial charge in [0.15, 0.2) is 6.61 Å². The summed E-state index contributed by atoms with van der Waals surface area (Å²) in [5.41, 5.74) is 2.55. The fourth-order valence-corrected chi connectivity index (χ4v) is 3.93. The van der Waals surface area contributed by atoms with E-state index in [2.05, 4.69) is 42.0 Å². The van der Waals surface area contributed by atoms with Crippen LogP contribution in [0.3, 0.4) is 0 Å². The van der Waals surface area contributed by atoms with Crippen molar-refractivity contribution in [2.45, 2.75) is 46.8 Å². The van der Waals surface area contributed by atoms with Crippen LogP contribution < -0.4 is 9.64 Å². The van der Waals surface area contributed by atoms with E-state index in [0.717, 1.165) is 23.0 Å². The number of anilines is 1. The van der Waals surface area contributed by atoms with Gasteiger partial charge in [0.2, 0.25) is 11.7 Å². The van der Waals surface area contributed by atoms with Gasteiger partial charge in [0.05, 0.1) is 0 Å². The number of ether oxygens (including phenoxy) is 1. The number of aryl methyl sites for hydroxylation is 1. The average molecular weight is 433 g/mol. The Kier molecular flexibility index (Phi) is 6.25. The summed E-state index contributed by atoms with van der Waals surface area (Å²) in [6.45, 7) is 8.39. The van der Waals surface area contributed by atoms with E-state index < -0.39 is 0 Å². The SMILES string of the molecule is Cc1nc(COc2ccc(C(=O)N(c3ccc4[nH]ccc4c3)C(C)CC(C)C)cc2)no1. The highest BCUT2D eigenvalue weighted by Gasteiger charge is 2.24. The average Bonchev–Trinajstić information content (AvgIpc) is 3.40. The maximum atomic E-state index is 13.6. The Bertz CT molecular complexity index is 1190. The van der Waals surface area contributed by atoms with E-state index in [9.17, 15) is 4.79 Å². The van der Waals surface area contributed by atoms with Crippen LogP contribution in [0.4, 0.5) is 5.69 Å². The molecule has 1 amide bonds. The first-order valence-corrected chi connectivity index (χ1v) is 10.8. The molecule has 0 aliphatic heterocycles. The van der Waals surface area contributed by atoms with Crippen LogP contribution >= 0.6 is 0 Å². The molecule has 1 unspecified atom stereocenters. The first-order chi connectivity index (χ1) is 15.4. The Morgan fingerprint density at radius 2 is 1.91 bits per heavy atom. The summed E-state index contributed by atoms with van der Waals surface area (Å²) >= 11 is 0. The maximum absolute atomic E-state index is 13.6. The third-order valence-corrected chi connectivity index (χ3v) is 5.33. The Morgan fingerprint density at radius 1 is 1.12 bits per heavy atom. The van der Waals surface area contributed by atoms with Crippen molar-refractivity contribution in [1.29, 1.82) is 0 Å². The number of hydrogen-bond acceptors (Lipinski definition) is 5. The molecule has 2 aromatic heterocycles. The lowest BCUT2D eigenvalue weighted by Crippen LogP contribution is -2.39. The monoisotopic (exact) mass is 432 g/mol. The highest BCUT2D eigenvalue weighted by atomic mass is 16.5. The molecule has 1 N–H and O–H groups in total. The second-order valence-electron chi connectivity index (χ2n) is 8.45. The van der Waals surface area contributed by atoms with Crippen molar-refractivity contribution in [3.05, 3.63) is 72.0 Å². The van der Waals surface area contributed by atoms with Crippen molar-refractivity contribution in [2.75, 3.05) is 4.90 Å². The predicted molar refractivity (Wildman–Crippen MR) is 124 cm³/mol. The molecule has 0 saturated carbocycles.